The number of nitrogens with two attached hydrogens (primary N) is 1. The highest BCUT2D eigenvalue weighted by Gasteiger charge is 2.24. The Balaban J connectivity index is 2.11. The second-order valence-corrected chi connectivity index (χ2v) is 8.53. The van der Waals surface area contributed by atoms with Crippen LogP contribution in [0.2, 0.25) is 0 Å². The van der Waals surface area contributed by atoms with Gasteiger partial charge in [-0.3, -0.25) is 4.79 Å². The second kappa shape index (κ2) is 9.80. The molecule has 3 heteroatoms. The number of rotatable bonds is 9. The van der Waals surface area contributed by atoms with Crippen LogP contribution in [-0.4, -0.2) is 10.5 Å². The zero-order chi connectivity index (χ0) is 21.7. The van der Waals surface area contributed by atoms with Crippen LogP contribution in [0.15, 0.2) is 54.6 Å². The van der Waals surface area contributed by atoms with Gasteiger partial charge in [0.1, 0.15) is 0 Å². The van der Waals surface area contributed by atoms with Crippen molar-refractivity contribution in [3.8, 4) is 22.3 Å². The number of unbranched alkanes of at least 4 members (excludes halogenated alkanes) is 1. The maximum absolute atomic E-state index is 12.5. The van der Waals surface area contributed by atoms with Crippen LogP contribution in [0.5, 0.6) is 0 Å². The van der Waals surface area contributed by atoms with Crippen molar-refractivity contribution in [2.24, 2.45) is 11.7 Å². The summed E-state index contributed by atoms with van der Waals surface area (Å²) in [5.74, 6) is 0.271. The lowest BCUT2D eigenvalue weighted by molar-refractivity contribution is 0.1000. The fourth-order valence-corrected chi connectivity index (χ4v) is 4.16. The van der Waals surface area contributed by atoms with Crippen molar-refractivity contribution in [1.29, 1.82) is 0 Å². The van der Waals surface area contributed by atoms with Gasteiger partial charge in [0.2, 0.25) is 0 Å². The number of nitrogens with zero attached hydrogens (tertiary/aromatic N) is 1. The molecule has 0 bridgehead atoms. The molecule has 3 nitrogen and oxygen atoms in total. The number of carbonyl (C=O) groups excluding carboxylic acids is 1. The van der Waals surface area contributed by atoms with E-state index >= 15 is 0 Å². The molecule has 2 aromatic carbocycles. The van der Waals surface area contributed by atoms with E-state index in [1.807, 2.05) is 13.0 Å². The van der Waals surface area contributed by atoms with Crippen molar-refractivity contribution < 1.29 is 4.79 Å². The van der Waals surface area contributed by atoms with Crippen LogP contribution in [0.4, 0.5) is 0 Å². The Kier molecular flexibility index (Phi) is 7.15. The van der Waals surface area contributed by atoms with Crippen molar-refractivity contribution >= 4 is 5.91 Å². The highest BCUT2D eigenvalue weighted by molar-refractivity contribution is 6.02. The van der Waals surface area contributed by atoms with E-state index < -0.39 is 0 Å². The monoisotopic (exact) mass is 402 g/mol. The molecule has 1 heterocycles. The molecule has 0 unspecified atom stereocenters. The van der Waals surface area contributed by atoms with Gasteiger partial charge in [0, 0.05) is 23.5 Å². The quantitative estimate of drug-likeness (QED) is 0.430. The van der Waals surface area contributed by atoms with E-state index in [1.165, 1.54) is 16.8 Å². The van der Waals surface area contributed by atoms with Crippen LogP contribution < -0.4 is 5.73 Å². The molecule has 2 N–H and O–H groups in total. The number of amides is 1. The lowest BCUT2D eigenvalue weighted by Crippen LogP contribution is -2.13. The Morgan fingerprint density at radius 3 is 2.13 bits per heavy atom. The predicted octanol–water partition coefficient (Wildman–Crippen LogP) is 6.62. The van der Waals surface area contributed by atoms with Gasteiger partial charge in [-0.05, 0) is 48.8 Å². The SMILES string of the molecule is CCCCc1c(-c2ccc(-c3ccccc3)cc2)c(C(N)=O)c(C)n1CCC(C)C. The molecular formula is C27H34N2O. The molecule has 0 saturated carbocycles. The number of primary amides is 1. The molecule has 0 fully saturated rings. The topological polar surface area (TPSA) is 48.0 Å². The lowest BCUT2D eigenvalue weighted by Gasteiger charge is -2.14. The third kappa shape index (κ3) is 4.67. The third-order valence-corrected chi connectivity index (χ3v) is 5.86. The number of aromatic nitrogens is 1. The Hall–Kier alpha value is -2.81. The highest BCUT2D eigenvalue weighted by atomic mass is 16.1. The number of hydrogen-bond donors (Lipinski definition) is 1. The van der Waals surface area contributed by atoms with Crippen molar-refractivity contribution in [3.05, 3.63) is 71.5 Å². The summed E-state index contributed by atoms with van der Waals surface area (Å²) in [5.41, 5.74) is 13.3. The minimum atomic E-state index is -0.337. The molecule has 3 rings (SSSR count). The fraction of sp³-hybridized carbons (Fsp3) is 0.370. The third-order valence-electron chi connectivity index (χ3n) is 5.86. The summed E-state index contributed by atoms with van der Waals surface area (Å²) in [7, 11) is 0. The van der Waals surface area contributed by atoms with Crippen molar-refractivity contribution in [1.82, 2.24) is 4.57 Å². The van der Waals surface area contributed by atoms with Gasteiger partial charge in [0.25, 0.3) is 5.91 Å². The van der Waals surface area contributed by atoms with Gasteiger partial charge in [-0.1, -0.05) is 81.8 Å². The largest absolute Gasteiger partial charge is 0.366 e. The van der Waals surface area contributed by atoms with E-state index in [4.69, 9.17) is 5.73 Å². The first-order valence-electron chi connectivity index (χ1n) is 11.1. The summed E-state index contributed by atoms with van der Waals surface area (Å²) >= 11 is 0. The first-order valence-corrected chi connectivity index (χ1v) is 11.1. The van der Waals surface area contributed by atoms with Crippen LogP contribution in [0.25, 0.3) is 22.3 Å². The summed E-state index contributed by atoms with van der Waals surface area (Å²) in [5, 5.41) is 0. The summed E-state index contributed by atoms with van der Waals surface area (Å²) in [4.78, 5) is 12.5. The van der Waals surface area contributed by atoms with Gasteiger partial charge in [0.15, 0.2) is 0 Å². The normalized spacial score (nSPS) is 11.2. The lowest BCUT2D eigenvalue weighted by atomic mass is 9.95. The molecule has 0 aliphatic rings. The van der Waals surface area contributed by atoms with E-state index in [0.717, 1.165) is 49.0 Å². The summed E-state index contributed by atoms with van der Waals surface area (Å²) in [6, 6.07) is 18.9. The number of benzene rings is 2. The van der Waals surface area contributed by atoms with Crippen molar-refractivity contribution in [2.45, 2.75) is 59.9 Å². The summed E-state index contributed by atoms with van der Waals surface area (Å²) < 4.78 is 2.34. The number of hydrogen-bond acceptors (Lipinski definition) is 1. The zero-order valence-corrected chi connectivity index (χ0v) is 18.7. The molecule has 30 heavy (non-hydrogen) atoms. The summed E-state index contributed by atoms with van der Waals surface area (Å²) in [6.07, 6.45) is 4.25. The molecule has 1 aromatic heterocycles. The van der Waals surface area contributed by atoms with Crippen LogP contribution in [0, 0.1) is 12.8 Å². The first kappa shape index (κ1) is 21.9. The van der Waals surface area contributed by atoms with E-state index in [2.05, 4.69) is 73.9 Å². The van der Waals surface area contributed by atoms with E-state index in [9.17, 15) is 4.79 Å². The van der Waals surface area contributed by atoms with E-state index in [0.29, 0.717) is 11.5 Å². The molecular weight excluding hydrogens is 368 g/mol. The standard InChI is InChI=1S/C27H34N2O/c1-5-6-12-24-26(25(27(28)30)20(4)29(24)18-17-19(2)3)23-15-13-22(14-16-23)21-10-8-7-9-11-21/h7-11,13-16,19H,5-6,12,17-18H2,1-4H3,(H2,28,30). The average Bonchev–Trinajstić information content (AvgIpc) is 3.02. The maximum atomic E-state index is 12.5. The molecule has 0 atom stereocenters. The average molecular weight is 403 g/mol. The molecule has 0 spiro atoms. The predicted molar refractivity (Wildman–Crippen MR) is 127 cm³/mol. The van der Waals surface area contributed by atoms with Crippen LogP contribution >= 0.6 is 0 Å². The van der Waals surface area contributed by atoms with Crippen LogP contribution in [0.3, 0.4) is 0 Å². The fourth-order valence-electron chi connectivity index (χ4n) is 4.16. The van der Waals surface area contributed by atoms with Gasteiger partial charge in [-0.15, -0.1) is 0 Å². The van der Waals surface area contributed by atoms with Gasteiger partial charge in [0.05, 0.1) is 5.56 Å². The maximum Gasteiger partial charge on any atom is 0.251 e. The van der Waals surface area contributed by atoms with Crippen molar-refractivity contribution in [2.75, 3.05) is 0 Å². The molecule has 0 radical (unpaired) electrons. The molecule has 158 valence electrons. The zero-order valence-electron chi connectivity index (χ0n) is 18.7. The smallest absolute Gasteiger partial charge is 0.251 e. The van der Waals surface area contributed by atoms with E-state index in [-0.39, 0.29) is 5.91 Å². The molecule has 3 aromatic rings. The Morgan fingerprint density at radius 2 is 1.57 bits per heavy atom. The van der Waals surface area contributed by atoms with E-state index in [1.54, 1.807) is 0 Å². The van der Waals surface area contributed by atoms with Gasteiger partial charge < -0.3 is 10.3 Å². The Bertz CT molecular complexity index is 982. The minimum Gasteiger partial charge on any atom is -0.366 e. The first-order chi connectivity index (χ1) is 14.4. The molecule has 0 saturated heterocycles. The molecule has 0 aliphatic carbocycles. The summed E-state index contributed by atoms with van der Waals surface area (Å²) in [6.45, 7) is 9.64. The Labute approximate surface area is 180 Å². The van der Waals surface area contributed by atoms with Crippen LogP contribution in [-0.2, 0) is 13.0 Å². The van der Waals surface area contributed by atoms with Crippen molar-refractivity contribution in [3.63, 3.8) is 0 Å². The molecule has 0 aliphatic heterocycles. The second-order valence-electron chi connectivity index (χ2n) is 8.53. The van der Waals surface area contributed by atoms with Gasteiger partial charge in [-0.25, -0.2) is 0 Å². The minimum absolute atomic E-state index is 0.337. The Morgan fingerprint density at radius 1 is 0.967 bits per heavy atom. The van der Waals surface area contributed by atoms with Gasteiger partial charge >= 0.3 is 0 Å². The van der Waals surface area contributed by atoms with Crippen LogP contribution in [0.1, 0.15) is 61.8 Å². The highest BCUT2D eigenvalue weighted by Crippen LogP contribution is 2.35. The van der Waals surface area contributed by atoms with Gasteiger partial charge in [-0.2, -0.15) is 0 Å². The molecule has 1 amide bonds. The number of carbonyl (C=O) groups is 1.